The van der Waals surface area contributed by atoms with Crippen molar-refractivity contribution in [2.45, 2.75) is 12.5 Å². The highest BCUT2D eigenvalue weighted by Crippen LogP contribution is 2.13. The largest absolute Gasteiger partial charge is 0.494 e. The molecule has 1 aromatic carbocycles. The van der Waals surface area contributed by atoms with E-state index >= 15 is 0 Å². The molecule has 5 heteroatoms. The molecule has 106 valence electrons. The maximum Gasteiger partial charge on any atom is 0.119 e. The van der Waals surface area contributed by atoms with Crippen LogP contribution in [0.15, 0.2) is 24.3 Å². The van der Waals surface area contributed by atoms with Crippen molar-refractivity contribution in [1.29, 1.82) is 0 Å². The average Bonchev–Trinajstić information content (AvgIpc) is 2.46. The first kappa shape index (κ1) is 14.1. The molecule has 19 heavy (non-hydrogen) atoms. The van der Waals surface area contributed by atoms with Gasteiger partial charge in [-0.05, 0) is 30.7 Å². The number of nitrogens with two attached hydrogens (primary N) is 1. The van der Waals surface area contributed by atoms with E-state index in [1.165, 1.54) is 0 Å². The number of hydrogen-bond acceptors (Lipinski definition) is 5. The Morgan fingerprint density at radius 1 is 1.37 bits per heavy atom. The molecule has 0 saturated carbocycles. The van der Waals surface area contributed by atoms with Crippen molar-refractivity contribution in [3.63, 3.8) is 0 Å². The summed E-state index contributed by atoms with van der Waals surface area (Å²) in [6.45, 7) is 4.18. The second-order valence-corrected chi connectivity index (χ2v) is 4.75. The van der Waals surface area contributed by atoms with Gasteiger partial charge in [0, 0.05) is 25.3 Å². The van der Waals surface area contributed by atoms with Gasteiger partial charge in [-0.15, -0.1) is 0 Å². The predicted molar refractivity (Wildman–Crippen MR) is 74.2 cm³/mol. The van der Waals surface area contributed by atoms with Gasteiger partial charge in [-0.2, -0.15) is 0 Å². The molecule has 1 unspecified atom stereocenters. The lowest BCUT2D eigenvalue weighted by molar-refractivity contribution is -0.0533. The molecule has 5 nitrogen and oxygen atoms in total. The van der Waals surface area contributed by atoms with Crippen LogP contribution in [0, 0.1) is 0 Å². The van der Waals surface area contributed by atoms with E-state index in [4.69, 9.17) is 20.3 Å². The topological polar surface area (TPSA) is 68.0 Å². The highest BCUT2D eigenvalue weighted by Gasteiger charge is 2.18. The van der Waals surface area contributed by atoms with E-state index in [0.29, 0.717) is 13.2 Å². The summed E-state index contributed by atoms with van der Waals surface area (Å²) in [5, 5.41) is 9.06. The van der Waals surface area contributed by atoms with Gasteiger partial charge < -0.3 is 20.3 Å². The number of nitrogens with zero attached hydrogens (tertiary/aromatic N) is 1. The van der Waals surface area contributed by atoms with Gasteiger partial charge in [-0.25, -0.2) is 0 Å². The molecule has 1 fully saturated rings. The first-order chi connectivity index (χ1) is 9.28. The zero-order valence-corrected chi connectivity index (χ0v) is 11.1. The van der Waals surface area contributed by atoms with Gasteiger partial charge in [0.1, 0.15) is 5.75 Å². The molecule has 1 aliphatic rings. The number of anilines is 1. The minimum Gasteiger partial charge on any atom is -0.494 e. The van der Waals surface area contributed by atoms with Crippen LogP contribution in [0.1, 0.15) is 6.42 Å². The minimum atomic E-state index is -0.0354. The van der Waals surface area contributed by atoms with Crippen molar-refractivity contribution in [1.82, 2.24) is 4.90 Å². The molecule has 0 radical (unpaired) electrons. The first-order valence-corrected chi connectivity index (χ1v) is 6.71. The van der Waals surface area contributed by atoms with Gasteiger partial charge in [0.25, 0.3) is 0 Å². The predicted octanol–water partition coefficient (Wildman–Crippen LogP) is 0.731. The van der Waals surface area contributed by atoms with Gasteiger partial charge >= 0.3 is 0 Å². The molecule has 2 rings (SSSR count). The quantitative estimate of drug-likeness (QED) is 0.587. The number of rotatable bonds is 6. The summed E-state index contributed by atoms with van der Waals surface area (Å²) in [6.07, 6.45) is 0.925. The van der Waals surface area contributed by atoms with E-state index in [1.54, 1.807) is 0 Å². The molecule has 0 spiro atoms. The number of ether oxygens (including phenoxy) is 2. The summed E-state index contributed by atoms with van der Waals surface area (Å²) in [4.78, 5) is 2.30. The number of hydrogen-bond donors (Lipinski definition) is 2. The fourth-order valence-corrected chi connectivity index (χ4v) is 2.14. The van der Waals surface area contributed by atoms with Crippen LogP contribution in [0.5, 0.6) is 5.75 Å². The Morgan fingerprint density at radius 2 is 2.16 bits per heavy atom. The van der Waals surface area contributed by atoms with Gasteiger partial charge in [0.2, 0.25) is 0 Å². The van der Waals surface area contributed by atoms with Crippen LogP contribution < -0.4 is 10.5 Å². The summed E-state index contributed by atoms with van der Waals surface area (Å²) in [6, 6.07) is 7.43. The molecule has 0 aliphatic carbocycles. The Hall–Kier alpha value is -1.30. The van der Waals surface area contributed by atoms with Crippen LogP contribution in [0.25, 0.3) is 0 Å². The van der Waals surface area contributed by atoms with Crippen LogP contribution >= 0.6 is 0 Å². The lowest BCUT2D eigenvalue weighted by atomic mass is 10.2. The zero-order chi connectivity index (χ0) is 13.5. The molecule has 1 aromatic rings. The van der Waals surface area contributed by atoms with E-state index in [2.05, 4.69) is 4.90 Å². The normalized spacial score (nSPS) is 20.4. The summed E-state index contributed by atoms with van der Waals surface area (Å²) >= 11 is 0. The van der Waals surface area contributed by atoms with Crippen molar-refractivity contribution in [2.24, 2.45) is 0 Å². The van der Waals surface area contributed by atoms with E-state index in [9.17, 15) is 0 Å². The van der Waals surface area contributed by atoms with Crippen LogP contribution in [0.2, 0.25) is 0 Å². The van der Waals surface area contributed by atoms with Crippen LogP contribution in [0.4, 0.5) is 5.69 Å². The lowest BCUT2D eigenvalue weighted by Gasteiger charge is -2.31. The van der Waals surface area contributed by atoms with E-state index in [0.717, 1.165) is 37.5 Å². The average molecular weight is 266 g/mol. The smallest absolute Gasteiger partial charge is 0.119 e. The van der Waals surface area contributed by atoms with Gasteiger partial charge in [-0.3, -0.25) is 4.90 Å². The Bertz CT molecular complexity index is 369. The molecule has 3 N–H and O–H groups in total. The fourth-order valence-electron chi connectivity index (χ4n) is 2.14. The number of morpholine rings is 1. The third-order valence-corrected chi connectivity index (χ3v) is 3.19. The van der Waals surface area contributed by atoms with Gasteiger partial charge in [-0.1, -0.05) is 0 Å². The molecule has 1 aliphatic heterocycles. The standard InChI is InChI=1S/C14H22N2O3/c15-12-2-4-13(5-3-12)18-8-1-6-16-7-9-19-14(10-16)11-17/h2-5,14,17H,1,6-11,15H2. The number of nitrogen functional groups attached to an aromatic ring is 1. The van der Waals surface area contributed by atoms with Crippen molar-refractivity contribution < 1.29 is 14.6 Å². The van der Waals surface area contributed by atoms with Crippen molar-refractivity contribution in [2.75, 3.05) is 45.2 Å². The van der Waals surface area contributed by atoms with Gasteiger partial charge in [0.15, 0.2) is 0 Å². The third-order valence-electron chi connectivity index (χ3n) is 3.19. The minimum absolute atomic E-state index is 0.0354. The highest BCUT2D eigenvalue weighted by atomic mass is 16.5. The van der Waals surface area contributed by atoms with Crippen molar-refractivity contribution in [3.8, 4) is 5.75 Å². The SMILES string of the molecule is Nc1ccc(OCCCN2CCOC(CO)C2)cc1. The van der Waals surface area contributed by atoms with Crippen LogP contribution in [-0.2, 0) is 4.74 Å². The molecule has 0 amide bonds. The van der Waals surface area contributed by atoms with E-state index < -0.39 is 0 Å². The fraction of sp³-hybridized carbons (Fsp3) is 0.571. The number of aliphatic hydroxyl groups is 1. The molecular formula is C14H22N2O3. The summed E-state index contributed by atoms with van der Waals surface area (Å²) in [7, 11) is 0. The summed E-state index contributed by atoms with van der Waals surface area (Å²) < 4.78 is 11.1. The number of aliphatic hydroxyl groups excluding tert-OH is 1. The van der Waals surface area contributed by atoms with E-state index in [1.807, 2.05) is 24.3 Å². The van der Waals surface area contributed by atoms with Gasteiger partial charge in [0.05, 0.1) is 25.9 Å². The number of benzene rings is 1. The van der Waals surface area contributed by atoms with E-state index in [-0.39, 0.29) is 12.7 Å². The Balaban J connectivity index is 1.62. The maximum absolute atomic E-state index is 9.06. The second-order valence-electron chi connectivity index (χ2n) is 4.75. The Kier molecular flexibility index (Phi) is 5.44. The van der Waals surface area contributed by atoms with Crippen molar-refractivity contribution >= 4 is 5.69 Å². The monoisotopic (exact) mass is 266 g/mol. The first-order valence-electron chi connectivity index (χ1n) is 6.71. The molecule has 1 saturated heterocycles. The molecule has 0 bridgehead atoms. The molecule has 1 heterocycles. The van der Waals surface area contributed by atoms with Crippen LogP contribution in [-0.4, -0.2) is 55.6 Å². The Morgan fingerprint density at radius 3 is 2.89 bits per heavy atom. The Labute approximate surface area is 113 Å². The molecule has 0 aromatic heterocycles. The molecular weight excluding hydrogens is 244 g/mol. The zero-order valence-electron chi connectivity index (χ0n) is 11.1. The second kappa shape index (κ2) is 7.33. The highest BCUT2D eigenvalue weighted by molar-refractivity contribution is 5.41. The maximum atomic E-state index is 9.06. The van der Waals surface area contributed by atoms with Crippen LogP contribution in [0.3, 0.4) is 0 Å². The summed E-state index contributed by atoms with van der Waals surface area (Å²) in [5.41, 5.74) is 6.36. The van der Waals surface area contributed by atoms with Crippen molar-refractivity contribution in [3.05, 3.63) is 24.3 Å². The third kappa shape index (κ3) is 4.70. The summed E-state index contributed by atoms with van der Waals surface area (Å²) in [5.74, 6) is 0.851. The lowest BCUT2D eigenvalue weighted by Crippen LogP contribution is -2.44. The molecule has 1 atom stereocenters.